The molecule has 0 aliphatic rings. The number of ether oxygens (including phenoxy) is 2. The van der Waals surface area contributed by atoms with E-state index in [0.29, 0.717) is 13.2 Å². The van der Waals surface area contributed by atoms with E-state index in [0.717, 1.165) is 30.6 Å². The van der Waals surface area contributed by atoms with Gasteiger partial charge < -0.3 is 20.5 Å². The first-order chi connectivity index (χ1) is 9.72. The summed E-state index contributed by atoms with van der Waals surface area (Å²) < 4.78 is 11.4. The molecule has 1 aromatic rings. The Morgan fingerprint density at radius 2 is 1.95 bits per heavy atom. The van der Waals surface area contributed by atoms with Crippen molar-refractivity contribution in [2.45, 2.75) is 45.9 Å². The van der Waals surface area contributed by atoms with Gasteiger partial charge in [-0.3, -0.25) is 4.98 Å². The third-order valence-electron chi connectivity index (χ3n) is 3.03. The molecule has 1 heterocycles. The van der Waals surface area contributed by atoms with Crippen molar-refractivity contribution in [1.29, 1.82) is 0 Å². The summed E-state index contributed by atoms with van der Waals surface area (Å²) in [4.78, 5) is 4.14. The number of nitrogens with one attached hydrogen (secondary N) is 1. The monoisotopic (exact) mass is 281 g/mol. The van der Waals surface area contributed by atoms with E-state index in [9.17, 15) is 0 Å². The maximum Gasteiger partial charge on any atom is 0.172 e. The van der Waals surface area contributed by atoms with E-state index in [4.69, 9.17) is 15.2 Å². The standard InChI is InChI=1S/C15H27N3O2/c1-4-8-18-14(15(19-5-2)20-6-3)10-12-11-17-9-7-13(12)16/h7,9,11,14-15,18H,4-6,8,10H2,1-3H3,(H2,16,17). The Bertz CT molecular complexity index is 368. The lowest BCUT2D eigenvalue weighted by Gasteiger charge is -2.28. The number of nitrogens with two attached hydrogens (primary N) is 1. The predicted molar refractivity (Wildman–Crippen MR) is 81.5 cm³/mol. The van der Waals surface area contributed by atoms with Crippen molar-refractivity contribution in [2.75, 3.05) is 25.5 Å². The van der Waals surface area contributed by atoms with Crippen LogP contribution in [0.4, 0.5) is 5.69 Å². The molecule has 114 valence electrons. The maximum absolute atomic E-state index is 6.00. The molecule has 0 aromatic carbocycles. The lowest BCUT2D eigenvalue weighted by atomic mass is 10.1. The molecule has 5 heteroatoms. The highest BCUT2D eigenvalue weighted by Gasteiger charge is 2.22. The minimum absolute atomic E-state index is 0.0707. The summed E-state index contributed by atoms with van der Waals surface area (Å²) >= 11 is 0. The van der Waals surface area contributed by atoms with E-state index in [2.05, 4.69) is 17.2 Å². The van der Waals surface area contributed by atoms with Crippen LogP contribution in [0, 0.1) is 0 Å². The van der Waals surface area contributed by atoms with Crippen molar-refractivity contribution in [3.8, 4) is 0 Å². The van der Waals surface area contributed by atoms with E-state index in [1.54, 1.807) is 6.20 Å². The minimum Gasteiger partial charge on any atom is -0.398 e. The molecule has 0 spiro atoms. The molecule has 1 atom stereocenters. The van der Waals surface area contributed by atoms with Crippen molar-refractivity contribution in [1.82, 2.24) is 10.3 Å². The second-order valence-corrected chi connectivity index (χ2v) is 4.62. The highest BCUT2D eigenvalue weighted by Crippen LogP contribution is 2.15. The largest absolute Gasteiger partial charge is 0.398 e. The van der Waals surface area contributed by atoms with Crippen LogP contribution < -0.4 is 11.1 Å². The van der Waals surface area contributed by atoms with E-state index in [-0.39, 0.29) is 12.3 Å². The quantitative estimate of drug-likeness (QED) is 0.642. The van der Waals surface area contributed by atoms with Crippen LogP contribution in [0.1, 0.15) is 32.8 Å². The average Bonchev–Trinajstić information content (AvgIpc) is 2.45. The Labute approximate surface area is 121 Å². The molecule has 0 amide bonds. The summed E-state index contributed by atoms with van der Waals surface area (Å²) in [5.74, 6) is 0. The summed E-state index contributed by atoms with van der Waals surface area (Å²) in [6, 6.07) is 1.89. The van der Waals surface area contributed by atoms with Crippen LogP contribution in [0.5, 0.6) is 0 Å². The second kappa shape index (κ2) is 9.69. The number of rotatable bonds is 10. The van der Waals surface area contributed by atoms with Gasteiger partial charge in [-0.1, -0.05) is 6.92 Å². The first-order valence-corrected chi connectivity index (χ1v) is 7.37. The van der Waals surface area contributed by atoms with Gasteiger partial charge in [0.15, 0.2) is 6.29 Å². The SMILES string of the molecule is CCCNC(Cc1cnccc1N)C(OCC)OCC. The summed E-state index contributed by atoms with van der Waals surface area (Å²) in [5, 5.41) is 3.48. The smallest absolute Gasteiger partial charge is 0.172 e. The fourth-order valence-corrected chi connectivity index (χ4v) is 2.05. The Balaban J connectivity index is 2.78. The van der Waals surface area contributed by atoms with Gasteiger partial charge in [0.1, 0.15) is 0 Å². The predicted octanol–water partition coefficient (Wildman–Crippen LogP) is 1.97. The van der Waals surface area contributed by atoms with Gasteiger partial charge in [-0.15, -0.1) is 0 Å². The summed E-state index contributed by atoms with van der Waals surface area (Å²) in [5.41, 5.74) is 7.77. The highest BCUT2D eigenvalue weighted by molar-refractivity contribution is 5.44. The topological polar surface area (TPSA) is 69.4 Å². The molecule has 0 aliphatic carbocycles. The maximum atomic E-state index is 6.00. The van der Waals surface area contributed by atoms with Gasteiger partial charge in [0.25, 0.3) is 0 Å². The zero-order valence-corrected chi connectivity index (χ0v) is 12.8. The summed E-state index contributed by atoms with van der Waals surface area (Å²) in [6.07, 6.45) is 5.05. The first-order valence-electron chi connectivity index (χ1n) is 7.37. The van der Waals surface area contributed by atoms with Crippen LogP contribution in [0.15, 0.2) is 18.5 Å². The lowest BCUT2D eigenvalue weighted by Crippen LogP contribution is -2.45. The van der Waals surface area contributed by atoms with E-state index >= 15 is 0 Å². The van der Waals surface area contributed by atoms with Gasteiger partial charge in [0.05, 0.1) is 6.04 Å². The molecule has 0 fully saturated rings. The zero-order chi connectivity index (χ0) is 14.8. The van der Waals surface area contributed by atoms with Gasteiger partial charge >= 0.3 is 0 Å². The van der Waals surface area contributed by atoms with Gasteiger partial charge in [-0.2, -0.15) is 0 Å². The molecule has 0 saturated carbocycles. The molecule has 1 rings (SSSR count). The van der Waals surface area contributed by atoms with Crippen LogP contribution in [0.2, 0.25) is 0 Å². The van der Waals surface area contributed by atoms with Crippen molar-refractivity contribution in [3.63, 3.8) is 0 Å². The number of nitrogen functional groups attached to an aromatic ring is 1. The van der Waals surface area contributed by atoms with Crippen molar-refractivity contribution < 1.29 is 9.47 Å². The number of hydrogen-bond acceptors (Lipinski definition) is 5. The normalized spacial score (nSPS) is 12.8. The number of aromatic nitrogens is 1. The molecular weight excluding hydrogens is 254 g/mol. The first kappa shape index (κ1) is 16.9. The Morgan fingerprint density at radius 1 is 1.25 bits per heavy atom. The molecule has 20 heavy (non-hydrogen) atoms. The molecule has 0 bridgehead atoms. The van der Waals surface area contributed by atoms with Gasteiger partial charge in [-0.25, -0.2) is 0 Å². The van der Waals surface area contributed by atoms with Crippen molar-refractivity contribution in [3.05, 3.63) is 24.0 Å². The van der Waals surface area contributed by atoms with Gasteiger partial charge in [-0.05, 0) is 44.9 Å². The average molecular weight is 281 g/mol. The van der Waals surface area contributed by atoms with Crippen molar-refractivity contribution >= 4 is 5.69 Å². The van der Waals surface area contributed by atoms with Crippen LogP contribution in [-0.4, -0.2) is 37.1 Å². The van der Waals surface area contributed by atoms with Crippen LogP contribution in [-0.2, 0) is 15.9 Å². The molecule has 5 nitrogen and oxygen atoms in total. The van der Waals surface area contributed by atoms with E-state index in [1.165, 1.54) is 0 Å². The molecule has 0 saturated heterocycles. The fourth-order valence-electron chi connectivity index (χ4n) is 2.05. The molecule has 0 aliphatic heterocycles. The van der Waals surface area contributed by atoms with Crippen LogP contribution in [0.25, 0.3) is 0 Å². The molecule has 1 unspecified atom stereocenters. The summed E-state index contributed by atoms with van der Waals surface area (Å²) in [6.45, 7) is 8.25. The van der Waals surface area contributed by atoms with Gasteiger partial charge in [0.2, 0.25) is 0 Å². The molecule has 1 aromatic heterocycles. The number of pyridine rings is 1. The van der Waals surface area contributed by atoms with Crippen LogP contribution in [0.3, 0.4) is 0 Å². The lowest BCUT2D eigenvalue weighted by molar-refractivity contribution is -0.153. The molecule has 0 radical (unpaired) electrons. The number of anilines is 1. The zero-order valence-electron chi connectivity index (χ0n) is 12.8. The van der Waals surface area contributed by atoms with E-state index in [1.807, 2.05) is 26.1 Å². The van der Waals surface area contributed by atoms with Gasteiger partial charge in [0, 0.05) is 31.3 Å². The number of nitrogens with zero attached hydrogens (tertiary/aromatic N) is 1. The Hall–Kier alpha value is -1.17. The van der Waals surface area contributed by atoms with Crippen molar-refractivity contribution in [2.24, 2.45) is 0 Å². The third kappa shape index (κ3) is 5.45. The fraction of sp³-hybridized carbons (Fsp3) is 0.667. The minimum atomic E-state index is -0.267. The highest BCUT2D eigenvalue weighted by atomic mass is 16.7. The second-order valence-electron chi connectivity index (χ2n) is 4.62. The van der Waals surface area contributed by atoms with E-state index < -0.39 is 0 Å². The molecule has 3 N–H and O–H groups in total. The molecular formula is C15H27N3O2. The van der Waals surface area contributed by atoms with Crippen LogP contribution >= 0.6 is 0 Å². The Kier molecular flexibility index (Phi) is 8.18. The Morgan fingerprint density at radius 3 is 2.50 bits per heavy atom. The third-order valence-corrected chi connectivity index (χ3v) is 3.03. The summed E-state index contributed by atoms with van der Waals surface area (Å²) in [7, 11) is 0. The number of hydrogen-bond donors (Lipinski definition) is 2.